The van der Waals surface area contributed by atoms with Gasteiger partial charge >= 0.3 is 0 Å². The molecule has 0 radical (unpaired) electrons. The minimum absolute atomic E-state index is 0. The average Bonchev–Trinajstić information content (AvgIpc) is 2.64. The summed E-state index contributed by atoms with van der Waals surface area (Å²) < 4.78 is 6.07. The van der Waals surface area contributed by atoms with E-state index in [0.717, 1.165) is 45.0 Å². The second kappa shape index (κ2) is 12.4. The van der Waals surface area contributed by atoms with E-state index in [2.05, 4.69) is 53.8 Å². The molecule has 0 aromatic heterocycles. The molecular formula is C21H37IN4O. The maximum Gasteiger partial charge on any atom is 0.190 e. The molecule has 1 aromatic rings. The summed E-state index contributed by atoms with van der Waals surface area (Å²) >= 11 is 0. The van der Waals surface area contributed by atoms with Crippen LogP contribution in [0.2, 0.25) is 0 Å². The Bertz CT molecular complexity index is 545. The standard InChI is InChI=1S/C21H36N4O.HI/c1-21(2,3)19-17(10-8-15-26-19)16-25-20(22-4)24-14-9-13-23-18-11-6-5-7-12-18;/h5-7,11-12,17,19,23H,8-10,13-16H2,1-4H3,(H2,22,24,25);1H. The fraction of sp³-hybridized carbons (Fsp3) is 0.667. The van der Waals surface area contributed by atoms with E-state index in [9.17, 15) is 0 Å². The molecule has 6 heteroatoms. The molecular weight excluding hydrogens is 451 g/mol. The summed E-state index contributed by atoms with van der Waals surface area (Å²) in [4.78, 5) is 4.35. The number of hydrogen-bond acceptors (Lipinski definition) is 3. The van der Waals surface area contributed by atoms with Crippen LogP contribution in [-0.4, -0.2) is 45.4 Å². The van der Waals surface area contributed by atoms with Crippen LogP contribution in [0.4, 0.5) is 5.69 Å². The summed E-state index contributed by atoms with van der Waals surface area (Å²) in [5.41, 5.74) is 1.34. The summed E-state index contributed by atoms with van der Waals surface area (Å²) in [5.74, 6) is 1.41. The maximum atomic E-state index is 6.07. The number of benzene rings is 1. The van der Waals surface area contributed by atoms with E-state index in [1.807, 2.05) is 25.2 Å². The lowest BCUT2D eigenvalue weighted by atomic mass is 9.78. The molecule has 1 saturated heterocycles. The highest BCUT2D eigenvalue weighted by Crippen LogP contribution is 2.33. The number of aliphatic imine (C=N–C) groups is 1. The minimum Gasteiger partial charge on any atom is -0.385 e. The van der Waals surface area contributed by atoms with Crippen LogP contribution in [0, 0.1) is 11.3 Å². The van der Waals surface area contributed by atoms with Gasteiger partial charge in [-0.25, -0.2) is 0 Å². The molecule has 5 nitrogen and oxygen atoms in total. The molecule has 0 bridgehead atoms. The first-order chi connectivity index (χ1) is 12.5. The molecule has 0 saturated carbocycles. The molecule has 3 N–H and O–H groups in total. The molecule has 1 aromatic carbocycles. The predicted octanol–water partition coefficient (Wildman–Crippen LogP) is 4.11. The van der Waals surface area contributed by atoms with E-state index >= 15 is 0 Å². The van der Waals surface area contributed by atoms with Crippen molar-refractivity contribution in [3.8, 4) is 0 Å². The molecule has 1 heterocycles. The van der Waals surface area contributed by atoms with Gasteiger partial charge in [0.05, 0.1) is 6.10 Å². The number of rotatable bonds is 7. The number of nitrogens with zero attached hydrogens (tertiary/aromatic N) is 1. The van der Waals surface area contributed by atoms with Crippen LogP contribution in [0.5, 0.6) is 0 Å². The SMILES string of the molecule is CN=C(NCCCNc1ccccc1)NCC1CCCOC1C(C)(C)C.I. The Morgan fingerprint density at radius 2 is 1.89 bits per heavy atom. The third-order valence-corrected chi connectivity index (χ3v) is 4.80. The summed E-state index contributed by atoms with van der Waals surface area (Å²) in [6.45, 7) is 10.4. The smallest absolute Gasteiger partial charge is 0.190 e. The first kappa shape index (κ1) is 24.0. The summed E-state index contributed by atoms with van der Waals surface area (Å²) in [7, 11) is 1.83. The third kappa shape index (κ3) is 8.68. The molecule has 0 amide bonds. The molecule has 1 aliphatic heterocycles. The molecule has 2 atom stereocenters. The second-order valence-corrected chi connectivity index (χ2v) is 8.09. The van der Waals surface area contributed by atoms with Crippen molar-refractivity contribution in [2.24, 2.45) is 16.3 Å². The Morgan fingerprint density at radius 1 is 1.15 bits per heavy atom. The van der Waals surface area contributed by atoms with Crippen molar-refractivity contribution in [3.63, 3.8) is 0 Å². The topological polar surface area (TPSA) is 57.7 Å². The summed E-state index contributed by atoms with van der Waals surface area (Å²) in [6, 6.07) is 10.3. The Morgan fingerprint density at radius 3 is 2.56 bits per heavy atom. The maximum absolute atomic E-state index is 6.07. The van der Waals surface area contributed by atoms with Gasteiger partial charge in [0.25, 0.3) is 0 Å². The van der Waals surface area contributed by atoms with E-state index in [-0.39, 0.29) is 29.4 Å². The van der Waals surface area contributed by atoms with Crippen molar-refractivity contribution in [1.29, 1.82) is 0 Å². The Hall–Kier alpha value is -1.02. The average molecular weight is 488 g/mol. The van der Waals surface area contributed by atoms with Gasteiger partial charge in [-0.2, -0.15) is 0 Å². The van der Waals surface area contributed by atoms with Crippen molar-refractivity contribution in [3.05, 3.63) is 30.3 Å². The van der Waals surface area contributed by atoms with Gasteiger partial charge in [-0.15, -0.1) is 24.0 Å². The lowest BCUT2D eigenvalue weighted by molar-refractivity contribution is -0.0835. The number of ether oxygens (including phenoxy) is 1. The highest BCUT2D eigenvalue weighted by molar-refractivity contribution is 14.0. The van der Waals surface area contributed by atoms with Gasteiger partial charge in [0.1, 0.15) is 0 Å². The first-order valence-electron chi connectivity index (χ1n) is 9.86. The van der Waals surface area contributed by atoms with Crippen molar-refractivity contribution in [2.75, 3.05) is 38.6 Å². The van der Waals surface area contributed by atoms with Gasteiger partial charge < -0.3 is 20.7 Å². The fourth-order valence-corrected chi connectivity index (χ4v) is 3.54. The van der Waals surface area contributed by atoms with Crippen LogP contribution in [-0.2, 0) is 4.74 Å². The molecule has 27 heavy (non-hydrogen) atoms. The molecule has 154 valence electrons. The molecule has 2 rings (SSSR count). The summed E-state index contributed by atoms with van der Waals surface area (Å²) in [6.07, 6.45) is 3.70. The van der Waals surface area contributed by atoms with Gasteiger partial charge in [-0.05, 0) is 36.8 Å². The van der Waals surface area contributed by atoms with E-state index in [1.54, 1.807) is 0 Å². The van der Waals surface area contributed by atoms with E-state index in [0.29, 0.717) is 12.0 Å². The molecule has 1 aliphatic rings. The largest absolute Gasteiger partial charge is 0.385 e. The van der Waals surface area contributed by atoms with Gasteiger partial charge in [0.2, 0.25) is 0 Å². The number of guanidine groups is 1. The van der Waals surface area contributed by atoms with Gasteiger partial charge in [0.15, 0.2) is 5.96 Å². The van der Waals surface area contributed by atoms with Gasteiger partial charge in [-0.3, -0.25) is 4.99 Å². The second-order valence-electron chi connectivity index (χ2n) is 8.09. The lowest BCUT2D eigenvalue weighted by Crippen LogP contribution is -2.47. The number of hydrogen-bond donors (Lipinski definition) is 3. The van der Waals surface area contributed by atoms with E-state index in [1.165, 1.54) is 12.1 Å². The number of anilines is 1. The normalized spacial score (nSPS) is 20.5. The quantitative estimate of drug-likeness (QED) is 0.234. The fourth-order valence-electron chi connectivity index (χ4n) is 3.54. The Balaban J connectivity index is 0.00000364. The zero-order valence-corrected chi connectivity index (χ0v) is 19.6. The molecule has 0 aliphatic carbocycles. The van der Waals surface area contributed by atoms with Crippen molar-refractivity contribution < 1.29 is 4.74 Å². The minimum atomic E-state index is 0. The highest BCUT2D eigenvalue weighted by Gasteiger charge is 2.35. The number of nitrogens with one attached hydrogen (secondary N) is 3. The molecule has 2 unspecified atom stereocenters. The van der Waals surface area contributed by atoms with Crippen LogP contribution in [0.1, 0.15) is 40.0 Å². The number of halogens is 1. The summed E-state index contributed by atoms with van der Waals surface area (Å²) in [5, 5.41) is 10.3. The monoisotopic (exact) mass is 488 g/mol. The highest BCUT2D eigenvalue weighted by atomic mass is 127. The van der Waals surface area contributed by atoms with Crippen LogP contribution in [0.25, 0.3) is 0 Å². The lowest BCUT2D eigenvalue weighted by Gasteiger charge is -2.40. The first-order valence-corrected chi connectivity index (χ1v) is 9.86. The number of para-hydroxylation sites is 1. The van der Waals surface area contributed by atoms with Crippen molar-refractivity contribution in [2.45, 2.75) is 46.1 Å². The van der Waals surface area contributed by atoms with Crippen LogP contribution in [0.3, 0.4) is 0 Å². The van der Waals surface area contributed by atoms with Crippen molar-refractivity contribution in [1.82, 2.24) is 10.6 Å². The Kier molecular flexibility index (Phi) is 11.1. The zero-order valence-electron chi connectivity index (χ0n) is 17.3. The van der Waals surface area contributed by atoms with Crippen molar-refractivity contribution >= 4 is 35.6 Å². The third-order valence-electron chi connectivity index (χ3n) is 4.80. The predicted molar refractivity (Wildman–Crippen MR) is 126 cm³/mol. The zero-order chi connectivity index (χ0) is 18.8. The van der Waals surface area contributed by atoms with Crippen LogP contribution >= 0.6 is 24.0 Å². The molecule has 0 spiro atoms. The van der Waals surface area contributed by atoms with E-state index < -0.39 is 0 Å². The van der Waals surface area contributed by atoms with Gasteiger partial charge in [-0.1, -0.05) is 39.0 Å². The van der Waals surface area contributed by atoms with Gasteiger partial charge in [0, 0.05) is 44.9 Å². The Labute approximate surface area is 182 Å². The van der Waals surface area contributed by atoms with E-state index in [4.69, 9.17) is 4.74 Å². The molecule has 1 fully saturated rings. The van der Waals surface area contributed by atoms with Crippen LogP contribution in [0.15, 0.2) is 35.3 Å². The van der Waals surface area contributed by atoms with Crippen LogP contribution < -0.4 is 16.0 Å².